The molecule has 3 N–H and O–H groups in total. The Labute approximate surface area is 66.1 Å². The summed E-state index contributed by atoms with van der Waals surface area (Å²) >= 11 is 0. The molecule has 1 heterocycles. The Balaban J connectivity index is 2.78. The van der Waals surface area contributed by atoms with E-state index in [-0.39, 0.29) is 6.61 Å². The predicted molar refractivity (Wildman–Crippen MR) is 40.1 cm³/mol. The van der Waals surface area contributed by atoms with Crippen LogP contribution in [0.2, 0.25) is 0 Å². The number of likely N-dealkylation sites (tertiary alicyclic amines) is 1. The molecule has 0 aromatic carbocycles. The molecule has 1 aliphatic heterocycles. The van der Waals surface area contributed by atoms with Crippen molar-refractivity contribution in [3.05, 3.63) is 0 Å². The van der Waals surface area contributed by atoms with Crippen LogP contribution in [0.15, 0.2) is 0 Å². The second kappa shape index (κ2) is 2.71. The Bertz CT molecular complexity index is 153. The summed E-state index contributed by atoms with van der Waals surface area (Å²) in [6.45, 7) is 2.01. The third kappa shape index (κ3) is 1.16. The first-order valence-electron chi connectivity index (χ1n) is 3.70. The van der Waals surface area contributed by atoms with Gasteiger partial charge >= 0.3 is 0 Å². The van der Waals surface area contributed by atoms with Crippen LogP contribution in [0.3, 0.4) is 0 Å². The van der Waals surface area contributed by atoms with Crippen LogP contribution in [0.4, 0.5) is 0 Å². The van der Waals surface area contributed by atoms with Gasteiger partial charge in [-0.1, -0.05) is 0 Å². The van der Waals surface area contributed by atoms with E-state index < -0.39 is 17.7 Å². The fraction of sp³-hybridized carbons (Fsp3) is 1.00. The molecular formula is C7H15NO3. The number of β-amino-alcohol motifs (C(OH)–C–C–N with tert-alkyl or cyclic N) is 1. The van der Waals surface area contributed by atoms with Crippen LogP contribution in [-0.2, 0) is 0 Å². The number of aliphatic hydroxyl groups excluding tert-OH is 3. The van der Waals surface area contributed by atoms with Gasteiger partial charge in [-0.25, -0.2) is 0 Å². The zero-order valence-corrected chi connectivity index (χ0v) is 6.86. The molecule has 66 valence electrons. The number of hydrogen-bond acceptors (Lipinski definition) is 4. The van der Waals surface area contributed by atoms with Crippen molar-refractivity contribution in [2.75, 3.05) is 20.2 Å². The highest BCUT2D eigenvalue weighted by Gasteiger charge is 2.47. The maximum Gasteiger partial charge on any atom is 0.101 e. The predicted octanol–water partition coefficient (Wildman–Crippen LogP) is -1.60. The van der Waals surface area contributed by atoms with E-state index in [1.807, 2.05) is 0 Å². The molecule has 1 rings (SSSR count). The Morgan fingerprint density at radius 2 is 2.09 bits per heavy atom. The summed E-state index contributed by atoms with van der Waals surface area (Å²) < 4.78 is 0. The van der Waals surface area contributed by atoms with Crippen LogP contribution in [0.5, 0.6) is 0 Å². The van der Waals surface area contributed by atoms with Crippen LogP contribution in [-0.4, -0.2) is 58.2 Å². The van der Waals surface area contributed by atoms with E-state index in [1.54, 1.807) is 18.9 Å². The Hall–Kier alpha value is -0.160. The highest BCUT2D eigenvalue weighted by Crippen LogP contribution is 2.27. The van der Waals surface area contributed by atoms with Gasteiger partial charge in [-0.3, -0.25) is 4.90 Å². The largest absolute Gasteiger partial charge is 0.394 e. The lowest BCUT2D eigenvalue weighted by atomic mass is 9.96. The molecule has 0 amide bonds. The van der Waals surface area contributed by atoms with E-state index in [1.165, 1.54) is 0 Å². The Kier molecular flexibility index (Phi) is 2.20. The first-order chi connectivity index (χ1) is 5.02. The first kappa shape index (κ1) is 8.93. The molecule has 4 nitrogen and oxygen atoms in total. The van der Waals surface area contributed by atoms with Crippen molar-refractivity contribution in [2.45, 2.75) is 24.7 Å². The monoisotopic (exact) mass is 161 g/mol. The molecule has 1 saturated heterocycles. The van der Waals surface area contributed by atoms with Crippen molar-refractivity contribution in [1.82, 2.24) is 4.90 Å². The van der Waals surface area contributed by atoms with Crippen molar-refractivity contribution in [3.63, 3.8) is 0 Å². The molecule has 0 bridgehead atoms. The fourth-order valence-corrected chi connectivity index (χ4v) is 1.44. The number of hydrogen-bond donors (Lipinski definition) is 3. The third-order valence-corrected chi connectivity index (χ3v) is 2.65. The minimum Gasteiger partial charge on any atom is -0.394 e. The SMILES string of the molecule is CN1CC(O)C(O)C1(C)CO. The quantitative estimate of drug-likeness (QED) is 0.433. The summed E-state index contributed by atoms with van der Waals surface area (Å²) in [7, 11) is 1.77. The molecular weight excluding hydrogens is 146 g/mol. The van der Waals surface area contributed by atoms with Gasteiger partial charge in [0.1, 0.15) is 6.10 Å². The third-order valence-electron chi connectivity index (χ3n) is 2.65. The summed E-state index contributed by atoms with van der Waals surface area (Å²) in [6, 6.07) is 0. The zero-order valence-electron chi connectivity index (χ0n) is 6.86. The molecule has 0 saturated carbocycles. The van der Waals surface area contributed by atoms with Crippen LogP contribution < -0.4 is 0 Å². The lowest BCUT2D eigenvalue weighted by Crippen LogP contribution is -2.50. The van der Waals surface area contributed by atoms with Crippen molar-refractivity contribution in [3.8, 4) is 0 Å². The molecule has 1 fully saturated rings. The van der Waals surface area contributed by atoms with Gasteiger partial charge in [0.25, 0.3) is 0 Å². The molecule has 3 atom stereocenters. The molecule has 0 radical (unpaired) electrons. The average molecular weight is 161 g/mol. The Morgan fingerprint density at radius 3 is 2.27 bits per heavy atom. The molecule has 0 aliphatic carbocycles. The zero-order chi connectivity index (χ0) is 8.65. The maximum absolute atomic E-state index is 9.44. The lowest BCUT2D eigenvalue weighted by Gasteiger charge is -2.32. The Morgan fingerprint density at radius 1 is 1.55 bits per heavy atom. The lowest BCUT2D eigenvalue weighted by molar-refractivity contribution is -0.0224. The maximum atomic E-state index is 9.44. The summed E-state index contributed by atoms with van der Waals surface area (Å²) in [5, 5.41) is 27.6. The minimum absolute atomic E-state index is 0.137. The molecule has 4 heteroatoms. The van der Waals surface area contributed by atoms with Crippen LogP contribution in [0, 0.1) is 0 Å². The molecule has 0 spiro atoms. The van der Waals surface area contributed by atoms with E-state index in [2.05, 4.69) is 0 Å². The van der Waals surface area contributed by atoms with Gasteiger partial charge < -0.3 is 15.3 Å². The second-order valence-corrected chi connectivity index (χ2v) is 3.41. The number of likely N-dealkylation sites (N-methyl/N-ethyl adjacent to an activating group) is 1. The molecule has 3 unspecified atom stereocenters. The van der Waals surface area contributed by atoms with Crippen molar-refractivity contribution >= 4 is 0 Å². The summed E-state index contributed by atoms with van der Waals surface area (Å²) in [5.41, 5.74) is -0.681. The van der Waals surface area contributed by atoms with Crippen molar-refractivity contribution in [1.29, 1.82) is 0 Å². The average Bonchev–Trinajstić information content (AvgIpc) is 2.16. The number of aliphatic hydroxyl groups is 3. The van der Waals surface area contributed by atoms with Crippen LogP contribution >= 0.6 is 0 Å². The normalized spacial score (nSPS) is 46.6. The minimum atomic E-state index is -0.850. The second-order valence-electron chi connectivity index (χ2n) is 3.41. The van der Waals surface area contributed by atoms with Crippen molar-refractivity contribution in [2.24, 2.45) is 0 Å². The van der Waals surface area contributed by atoms with Gasteiger partial charge in [-0.2, -0.15) is 0 Å². The van der Waals surface area contributed by atoms with Gasteiger partial charge in [0.2, 0.25) is 0 Å². The summed E-state index contributed by atoms with van der Waals surface area (Å²) in [4.78, 5) is 1.77. The van der Waals surface area contributed by atoms with Crippen molar-refractivity contribution < 1.29 is 15.3 Å². The number of rotatable bonds is 1. The van der Waals surface area contributed by atoms with E-state index in [9.17, 15) is 10.2 Å². The summed E-state index contributed by atoms with van der Waals surface area (Å²) in [6.07, 6.45) is -1.59. The van der Waals surface area contributed by atoms with Crippen LogP contribution in [0.25, 0.3) is 0 Å². The first-order valence-corrected chi connectivity index (χ1v) is 3.70. The number of nitrogens with zero attached hydrogens (tertiary/aromatic N) is 1. The van der Waals surface area contributed by atoms with Gasteiger partial charge in [-0.15, -0.1) is 0 Å². The molecule has 11 heavy (non-hydrogen) atoms. The summed E-state index contributed by atoms with van der Waals surface area (Å²) in [5.74, 6) is 0. The topological polar surface area (TPSA) is 63.9 Å². The van der Waals surface area contributed by atoms with E-state index in [4.69, 9.17) is 5.11 Å². The fourth-order valence-electron chi connectivity index (χ4n) is 1.44. The van der Waals surface area contributed by atoms with Gasteiger partial charge in [-0.05, 0) is 14.0 Å². The van der Waals surface area contributed by atoms with E-state index in [0.717, 1.165) is 0 Å². The van der Waals surface area contributed by atoms with E-state index in [0.29, 0.717) is 6.54 Å². The van der Waals surface area contributed by atoms with Gasteiger partial charge in [0.05, 0.1) is 18.2 Å². The molecule has 1 aliphatic rings. The smallest absolute Gasteiger partial charge is 0.101 e. The molecule has 0 aromatic rings. The highest BCUT2D eigenvalue weighted by molar-refractivity contribution is 5.02. The highest BCUT2D eigenvalue weighted by atomic mass is 16.3. The van der Waals surface area contributed by atoms with Crippen LogP contribution in [0.1, 0.15) is 6.92 Å². The van der Waals surface area contributed by atoms with Gasteiger partial charge in [0.15, 0.2) is 0 Å². The van der Waals surface area contributed by atoms with E-state index >= 15 is 0 Å². The molecule has 0 aromatic heterocycles. The van der Waals surface area contributed by atoms with Gasteiger partial charge in [0, 0.05) is 6.54 Å². The standard InChI is InChI=1S/C7H15NO3/c1-7(4-9)6(11)5(10)3-8(7)2/h5-6,9-11H,3-4H2,1-2H3.